The van der Waals surface area contributed by atoms with Crippen LogP contribution in [0.15, 0.2) is 97.1 Å². The van der Waals surface area contributed by atoms with Gasteiger partial charge in [0, 0.05) is 0 Å². The van der Waals surface area contributed by atoms with Gasteiger partial charge in [-0.2, -0.15) is 0 Å². The van der Waals surface area contributed by atoms with E-state index >= 15 is 0 Å². The van der Waals surface area contributed by atoms with Crippen LogP contribution in [-0.4, -0.2) is 103 Å². The van der Waals surface area contributed by atoms with E-state index in [4.69, 9.17) is 0 Å². The Balaban J connectivity index is 0.00000484. The summed E-state index contributed by atoms with van der Waals surface area (Å²) in [5, 5.41) is 0. The molecular weight excluding hydrogens is 734 g/mol. The third kappa shape index (κ3) is 7.13. The van der Waals surface area contributed by atoms with Gasteiger partial charge in [-0.15, -0.1) is 0 Å². The Morgan fingerprint density at radius 3 is 0.548 bits per heavy atom. The summed E-state index contributed by atoms with van der Waals surface area (Å²) < 4.78 is 9.12. The predicted molar refractivity (Wildman–Crippen MR) is 188 cm³/mol. The van der Waals surface area contributed by atoms with Gasteiger partial charge >= 0.3 is 255 Å². The molecule has 0 amide bonds. The topological polar surface area (TPSA) is 0 Å². The van der Waals surface area contributed by atoms with Gasteiger partial charge in [0.1, 0.15) is 0 Å². The molecule has 0 bridgehead atoms. The molecule has 0 fully saturated rings. The summed E-state index contributed by atoms with van der Waals surface area (Å²) >= 11 is -3.77. The van der Waals surface area contributed by atoms with Gasteiger partial charge in [-0.1, -0.05) is 0 Å². The summed E-state index contributed by atoms with van der Waals surface area (Å²) in [6.07, 6.45) is 0. The van der Waals surface area contributed by atoms with Crippen molar-refractivity contribution in [1.29, 1.82) is 0 Å². The average molecular weight is 786 g/mol. The monoisotopic (exact) mass is 787 g/mol. The zero-order chi connectivity index (χ0) is 30.4. The van der Waals surface area contributed by atoms with Crippen molar-refractivity contribution in [3.05, 3.63) is 97.1 Å². The van der Waals surface area contributed by atoms with Crippen LogP contribution in [0.3, 0.4) is 0 Å². The maximum Gasteiger partial charge on any atom is -1.00 e. The number of halogens is 1. The Labute approximate surface area is 277 Å². The normalized spacial score (nSPS) is 13.0. The fourth-order valence-electron chi connectivity index (χ4n) is 5.63. The molecule has 0 unspecified atom stereocenters. The van der Waals surface area contributed by atoms with Gasteiger partial charge in [-0.25, -0.2) is 0 Å². The van der Waals surface area contributed by atoms with Crippen molar-refractivity contribution in [2.75, 3.05) is 84.6 Å². The Kier molecular flexibility index (Phi) is 10.2. The van der Waals surface area contributed by atoms with Gasteiger partial charge in [0.25, 0.3) is 0 Å². The predicted octanol–water partition coefficient (Wildman–Crippen LogP) is 0.855. The minimum atomic E-state index is -3.77. The quantitative estimate of drug-likeness (QED) is 0.142. The molecule has 0 aliphatic heterocycles. The van der Waals surface area contributed by atoms with Crippen LogP contribution in [0.2, 0.25) is 0 Å². The molecule has 0 saturated carbocycles. The molecule has 0 aliphatic carbocycles. The van der Waals surface area contributed by atoms with E-state index in [1.165, 1.54) is 37.1 Å². The van der Waals surface area contributed by atoms with Crippen LogP contribution < -0.4 is 56.2 Å². The molecule has 0 heterocycles. The van der Waals surface area contributed by atoms with E-state index in [9.17, 15) is 0 Å². The molecule has 0 aliphatic rings. The largest absolute Gasteiger partial charge is 1.00 e. The maximum atomic E-state index is 2.43. The van der Waals surface area contributed by atoms with E-state index in [2.05, 4.69) is 182 Å². The van der Waals surface area contributed by atoms with Crippen molar-refractivity contribution in [2.24, 2.45) is 0 Å². The van der Waals surface area contributed by atoms with Crippen molar-refractivity contribution >= 4 is 55.4 Å². The second-order valence-electron chi connectivity index (χ2n) is 15.0. The van der Waals surface area contributed by atoms with Crippen molar-refractivity contribution < 1.29 is 24.0 Å². The number of rotatable bonds is 8. The SMILES string of the molecule is C[N+](C)(C)c1cc[c]([Sn]([c]2ccc([N+](C)(C)C)cc2)([c]2ccc([N+](C)(C)C)cc2)[c]2ccc([N+](C)(C)C)cc2)cc1.[I-]. The van der Waals surface area contributed by atoms with Gasteiger partial charge in [0.05, 0.1) is 0 Å². The van der Waals surface area contributed by atoms with Crippen LogP contribution in [0.5, 0.6) is 0 Å². The molecule has 4 rings (SSSR count). The summed E-state index contributed by atoms with van der Waals surface area (Å²) in [6.45, 7) is 0. The first-order chi connectivity index (χ1) is 18.8. The standard InChI is InChI=1S/4C9H13N.HI.Sn/c4*1-10(2,3)9-7-5-4-6-8-9;;/h4*5-8H,1-3H3;1H;/q4*+1;;/p-1. The molecule has 0 N–H and O–H groups in total. The molecule has 6 heteroatoms. The van der Waals surface area contributed by atoms with Gasteiger partial charge in [0.2, 0.25) is 0 Å². The van der Waals surface area contributed by atoms with E-state index < -0.39 is 18.4 Å². The zero-order valence-electron chi connectivity index (χ0n) is 27.9. The summed E-state index contributed by atoms with van der Waals surface area (Å²) in [6, 6.07) is 38.3. The Morgan fingerprint density at radius 1 is 0.286 bits per heavy atom. The minimum absolute atomic E-state index is 0. The smallest absolute Gasteiger partial charge is 1.00 e. The first-order valence-electron chi connectivity index (χ1n) is 14.5. The molecule has 0 saturated heterocycles. The molecule has 224 valence electrons. The second-order valence-corrected chi connectivity index (χ2v) is 25.9. The first-order valence-corrected chi connectivity index (χ1v) is 20.3. The van der Waals surface area contributed by atoms with Gasteiger partial charge in [0.15, 0.2) is 0 Å². The van der Waals surface area contributed by atoms with Crippen LogP contribution in [0.25, 0.3) is 0 Å². The Bertz CT molecular complexity index is 1230. The number of hydrogen-bond donors (Lipinski definition) is 0. The van der Waals surface area contributed by atoms with E-state index in [1.807, 2.05) is 0 Å². The van der Waals surface area contributed by atoms with Crippen LogP contribution in [0.4, 0.5) is 22.7 Å². The first kappa shape index (κ1) is 34.7. The molecule has 0 atom stereocenters. The third-order valence-corrected chi connectivity index (χ3v) is 22.0. The molecule has 0 spiro atoms. The van der Waals surface area contributed by atoms with E-state index in [0.717, 1.165) is 17.9 Å². The van der Waals surface area contributed by atoms with Crippen molar-refractivity contribution in [2.45, 2.75) is 0 Å². The van der Waals surface area contributed by atoms with Crippen molar-refractivity contribution in [3.63, 3.8) is 0 Å². The fourth-order valence-corrected chi connectivity index (χ4v) is 19.0. The van der Waals surface area contributed by atoms with Gasteiger partial charge in [-0.3, -0.25) is 0 Å². The third-order valence-electron chi connectivity index (χ3n) is 8.30. The summed E-state index contributed by atoms with van der Waals surface area (Å²) in [4.78, 5) is 0. The van der Waals surface area contributed by atoms with E-state index in [0.29, 0.717) is 0 Å². The molecule has 0 radical (unpaired) electrons. The molecular formula is C36H52IN4Sn+3. The van der Waals surface area contributed by atoms with E-state index in [-0.39, 0.29) is 24.0 Å². The van der Waals surface area contributed by atoms with Crippen LogP contribution >= 0.6 is 0 Å². The van der Waals surface area contributed by atoms with Crippen molar-refractivity contribution in [1.82, 2.24) is 17.9 Å². The maximum absolute atomic E-state index is 3.77. The number of hydrogen-bond acceptors (Lipinski definition) is 0. The Morgan fingerprint density at radius 2 is 0.429 bits per heavy atom. The number of benzene rings is 4. The average Bonchev–Trinajstić information content (AvgIpc) is 2.88. The van der Waals surface area contributed by atoms with Crippen molar-refractivity contribution in [3.8, 4) is 0 Å². The number of nitrogens with zero attached hydrogens (tertiary/aromatic N) is 4. The summed E-state index contributed by atoms with van der Waals surface area (Å²) in [5.74, 6) is 0. The molecule has 4 aromatic carbocycles. The molecule has 0 aromatic heterocycles. The molecule has 42 heavy (non-hydrogen) atoms. The molecule has 4 nitrogen and oxygen atoms in total. The van der Waals surface area contributed by atoms with Gasteiger partial charge < -0.3 is 24.0 Å². The number of quaternary nitrogens is 4. The summed E-state index contributed by atoms with van der Waals surface area (Å²) in [5.41, 5.74) is 5.26. The van der Waals surface area contributed by atoms with Gasteiger partial charge in [-0.05, 0) is 0 Å². The van der Waals surface area contributed by atoms with Crippen LogP contribution in [-0.2, 0) is 0 Å². The second kappa shape index (κ2) is 12.3. The minimum Gasteiger partial charge on any atom is -1.00 e. The summed E-state index contributed by atoms with van der Waals surface area (Å²) in [7, 11) is 26.9. The van der Waals surface area contributed by atoms with Crippen LogP contribution in [0, 0.1) is 0 Å². The zero-order valence-corrected chi connectivity index (χ0v) is 32.9. The fraction of sp³-hybridized carbons (Fsp3) is 0.333. The van der Waals surface area contributed by atoms with Crippen LogP contribution in [0.1, 0.15) is 0 Å². The van der Waals surface area contributed by atoms with E-state index in [1.54, 1.807) is 0 Å². The Hall–Kier alpha value is -1.75. The molecule has 4 aromatic rings.